The highest BCUT2D eigenvalue weighted by Crippen LogP contribution is 2.35. The topological polar surface area (TPSA) is 92.3 Å². The Morgan fingerprint density at radius 2 is 0.738 bits per heavy atom. The molecule has 0 radical (unpaired) electrons. The average Bonchev–Trinajstić information content (AvgIpc) is 3.36. The van der Waals surface area contributed by atoms with Crippen molar-refractivity contribution in [1.29, 1.82) is 0 Å². The average molecular weight is 881 g/mol. The molecule has 2 aliphatic heterocycles. The summed E-state index contributed by atoms with van der Waals surface area (Å²) in [5.41, 5.74) is 6.19. The second-order valence-electron chi connectivity index (χ2n) is 16.3. The second-order valence-corrected chi connectivity index (χ2v) is 16.3. The molecule has 2 aliphatic rings. The molecule has 65 heavy (non-hydrogen) atoms. The first-order chi connectivity index (χ1) is 32.2. The summed E-state index contributed by atoms with van der Waals surface area (Å²) in [6.45, 7) is 2.53. The van der Waals surface area contributed by atoms with Crippen molar-refractivity contribution in [2.75, 3.05) is 20.3 Å². The van der Waals surface area contributed by atoms with Crippen molar-refractivity contribution in [2.45, 2.75) is 101 Å². The SMILES string of the molecule is COC1OC(COCc2ccccc2)C(OC2CC(OCc3ccccc3)C(OCc3ccccc3)C(COCc3ccccc3)O2)C(OCc2ccccc2)C1OCc1ccccc1. The van der Waals surface area contributed by atoms with Crippen LogP contribution >= 0.6 is 0 Å². The lowest BCUT2D eigenvalue weighted by molar-refractivity contribution is -0.355. The lowest BCUT2D eigenvalue weighted by Gasteiger charge is -2.48. The summed E-state index contributed by atoms with van der Waals surface area (Å²) >= 11 is 0. The van der Waals surface area contributed by atoms with E-state index in [2.05, 4.69) is 24.3 Å². The van der Waals surface area contributed by atoms with Gasteiger partial charge >= 0.3 is 0 Å². The van der Waals surface area contributed by atoms with Gasteiger partial charge in [-0.1, -0.05) is 182 Å². The van der Waals surface area contributed by atoms with Crippen LogP contribution in [-0.2, 0) is 87.0 Å². The van der Waals surface area contributed by atoms with E-state index in [1.165, 1.54) is 0 Å². The highest BCUT2D eigenvalue weighted by molar-refractivity contribution is 5.18. The molecule has 2 heterocycles. The quantitative estimate of drug-likeness (QED) is 0.0620. The molecule has 10 nitrogen and oxygen atoms in total. The summed E-state index contributed by atoms with van der Waals surface area (Å²) in [7, 11) is 1.62. The number of benzene rings is 6. The van der Waals surface area contributed by atoms with Crippen LogP contribution in [0.15, 0.2) is 182 Å². The van der Waals surface area contributed by atoms with Crippen LogP contribution in [-0.4, -0.2) is 75.6 Å². The summed E-state index contributed by atoms with van der Waals surface area (Å²) in [6, 6.07) is 60.5. The molecule has 6 aromatic carbocycles. The van der Waals surface area contributed by atoms with Crippen molar-refractivity contribution in [3.8, 4) is 0 Å². The van der Waals surface area contributed by atoms with Gasteiger partial charge in [-0.3, -0.25) is 0 Å². The van der Waals surface area contributed by atoms with E-state index < -0.39 is 55.3 Å². The minimum Gasteiger partial charge on any atom is -0.374 e. The molecule has 2 fully saturated rings. The third-order valence-corrected chi connectivity index (χ3v) is 11.6. The van der Waals surface area contributed by atoms with E-state index in [1.54, 1.807) is 7.11 Å². The van der Waals surface area contributed by atoms with Gasteiger partial charge in [-0.05, 0) is 33.4 Å². The van der Waals surface area contributed by atoms with E-state index >= 15 is 0 Å². The van der Waals surface area contributed by atoms with Gasteiger partial charge in [0.25, 0.3) is 0 Å². The van der Waals surface area contributed by atoms with Crippen LogP contribution in [0.1, 0.15) is 39.8 Å². The highest BCUT2D eigenvalue weighted by Gasteiger charge is 2.51. The van der Waals surface area contributed by atoms with Crippen LogP contribution in [0.4, 0.5) is 0 Å². The smallest absolute Gasteiger partial charge is 0.186 e. The first-order valence-corrected chi connectivity index (χ1v) is 22.5. The van der Waals surface area contributed by atoms with E-state index in [0.717, 1.165) is 33.4 Å². The van der Waals surface area contributed by atoms with E-state index in [-0.39, 0.29) is 13.2 Å². The Labute approximate surface area is 383 Å². The van der Waals surface area contributed by atoms with Gasteiger partial charge in [-0.25, -0.2) is 0 Å². The van der Waals surface area contributed by atoms with Crippen LogP contribution in [0.5, 0.6) is 0 Å². The fraction of sp³-hybridized carbons (Fsp3) is 0.345. The van der Waals surface area contributed by atoms with E-state index in [1.807, 2.05) is 158 Å². The largest absolute Gasteiger partial charge is 0.374 e. The molecule has 0 spiro atoms. The molecule has 0 aromatic heterocycles. The predicted octanol–water partition coefficient (Wildman–Crippen LogP) is 9.63. The number of hydrogen-bond acceptors (Lipinski definition) is 10. The maximum Gasteiger partial charge on any atom is 0.186 e. The minimum absolute atomic E-state index is 0.184. The zero-order valence-electron chi connectivity index (χ0n) is 37.0. The first-order valence-electron chi connectivity index (χ1n) is 22.5. The molecular formula is C55H60O10. The van der Waals surface area contributed by atoms with Crippen LogP contribution < -0.4 is 0 Å². The van der Waals surface area contributed by atoms with Crippen LogP contribution in [0.25, 0.3) is 0 Å². The predicted molar refractivity (Wildman–Crippen MR) is 246 cm³/mol. The first kappa shape index (κ1) is 46.4. The van der Waals surface area contributed by atoms with Crippen molar-refractivity contribution < 1.29 is 47.4 Å². The van der Waals surface area contributed by atoms with Crippen LogP contribution in [0.3, 0.4) is 0 Å². The van der Waals surface area contributed by atoms with E-state index in [0.29, 0.717) is 46.1 Å². The molecule has 0 amide bonds. The molecule has 0 aliphatic carbocycles. The van der Waals surface area contributed by atoms with Gasteiger partial charge in [-0.15, -0.1) is 0 Å². The Hall–Kier alpha value is -5.08. The summed E-state index contributed by atoms with van der Waals surface area (Å²) in [4.78, 5) is 0. The molecule has 0 saturated carbocycles. The van der Waals surface area contributed by atoms with Crippen molar-refractivity contribution in [3.05, 3.63) is 215 Å². The summed E-state index contributed by atoms with van der Waals surface area (Å²) in [5.74, 6) is 0. The minimum atomic E-state index is -0.797. The highest BCUT2D eigenvalue weighted by atomic mass is 16.7. The molecular weight excluding hydrogens is 821 g/mol. The molecule has 2 saturated heterocycles. The number of hydrogen-bond donors (Lipinski definition) is 0. The lowest BCUT2D eigenvalue weighted by atomic mass is 9.97. The Morgan fingerprint density at radius 3 is 1.15 bits per heavy atom. The van der Waals surface area contributed by atoms with Crippen LogP contribution in [0.2, 0.25) is 0 Å². The zero-order valence-corrected chi connectivity index (χ0v) is 37.0. The standard InChI is InChI=1S/C55H60O10/c1-56-55-54(62-38-46-30-18-7-19-31-46)53(61-37-45-28-16-6-17-29-45)52(49(64-55)40-58-34-42-22-10-3-11-23-42)65-50-32-47(59-35-43-24-12-4-13-25-43)51(60-36-44-26-14-5-15-27-44)48(63-50)39-57-33-41-20-8-2-9-21-41/h2-31,47-55H,32-40H2,1H3. The van der Waals surface area contributed by atoms with E-state index in [9.17, 15) is 0 Å². The fourth-order valence-corrected chi connectivity index (χ4v) is 8.21. The van der Waals surface area contributed by atoms with Gasteiger partial charge in [0, 0.05) is 13.5 Å². The van der Waals surface area contributed by atoms with Gasteiger partial charge in [0.1, 0.15) is 36.6 Å². The zero-order chi connectivity index (χ0) is 44.3. The number of ether oxygens (including phenoxy) is 10. The second kappa shape index (κ2) is 25.0. The fourth-order valence-electron chi connectivity index (χ4n) is 8.21. The molecule has 340 valence electrons. The Morgan fingerprint density at radius 1 is 0.385 bits per heavy atom. The molecule has 6 aromatic rings. The summed E-state index contributed by atoms with van der Waals surface area (Å²) in [6.07, 6.45) is -5.51. The lowest BCUT2D eigenvalue weighted by Crippen LogP contribution is -2.63. The van der Waals surface area contributed by atoms with Gasteiger partial charge in [0.2, 0.25) is 0 Å². The summed E-state index contributed by atoms with van der Waals surface area (Å²) < 4.78 is 67.1. The Kier molecular flexibility index (Phi) is 17.9. The molecule has 10 heteroatoms. The van der Waals surface area contributed by atoms with Gasteiger partial charge in [0.05, 0.1) is 59.0 Å². The normalized spacial score (nSPS) is 24.4. The van der Waals surface area contributed by atoms with Gasteiger partial charge < -0.3 is 47.4 Å². The molecule has 8 rings (SSSR count). The number of rotatable bonds is 23. The van der Waals surface area contributed by atoms with E-state index in [4.69, 9.17) is 47.4 Å². The third-order valence-electron chi connectivity index (χ3n) is 11.6. The Bertz CT molecular complexity index is 2190. The Balaban J connectivity index is 1.10. The number of methoxy groups -OCH3 is 1. The van der Waals surface area contributed by atoms with Crippen LogP contribution in [0, 0.1) is 0 Å². The summed E-state index contributed by atoms with van der Waals surface area (Å²) in [5, 5.41) is 0. The maximum absolute atomic E-state index is 7.23. The van der Waals surface area contributed by atoms with Gasteiger partial charge in [0.15, 0.2) is 12.6 Å². The molecule has 0 N–H and O–H groups in total. The molecule has 9 atom stereocenters. The van der Waals surface area contributed by atoms with Crippen molar-refractivity contribution in [1.82, 2.24) is 0 Å². The molecule has 9 unspecified atom stereocenters. The maximum atomic E-state index is 7.23. The molecule has 0 bridgehead atoms. The monoisotopic (exact) mass is 880 g/mol. The van der Waals surface area contributed by atoms with Crippen molar-refractivity contribution in [3.63, 3.8) is 0 Å². The third kappa shape index (κ3) is 14.0. The van der Waals surface area contributed by atoms with Gasteiger partial charge in [-0.2, -0.15) is 0 Å². The van der Waals surface area contributed by atoms with Crippen molar-refractivity contribution in [2.24, 2.45) is 0 Å². The van der Waals surface area contributed by atoms with Crippen molar-refractivity contribution >= 4 is 0 Å².